The number of nitrogens with zero attached hydrogens (tertiary/aromatic N) is 2. The predicted octanol–water partition coefficient (Wildman–Crippen LogP) is 0.977. The number of hydrogen-bond acceptors (Lipinski definition) is 4. The van der Waals surface area contributed by atoms with Gasteiger partial charge < -0.3 is 0 Å². The summed E-state index contributed by atoms with van der Waals surface area (Å²) in [5.41, 5.74) is 4.52. The smallest absolute Gasteiger partial charge is 0.273 e. The van der Waals surface area contributed by atoms with Crippen molar-refractivity contribution in [1.29, 1.82) is 0 Å². The molecule has 0 aliphatic carbocycles. The van der Waals surface area contributed by atoms with Crippen LogP contribution in [0, 0.1) is 0 Å². The molecule has 0 fully saturated rings. The van der Waals surface area contributed by atoms with Gasteiger partial charge in [-0.15, -0.1) is 0 Å². The summed E-state index contributed by atoms with van der Waals surface area (Å²) in [6.45, 7) is 3.99. The summed E-state index contributed by atoms with van der Waals surface area (Å²) in [5, 5.41) is 4.96. The highest BCUT2D eigenvalue weighted by Crippen LogP contribution is 2.12. The second-order valence-corrected chi connectivity index (χ2v) is 4.77. The monoisotopic (exact) mass is 302 g/mol. The number of rotatable bonds is 4. The molecule has 7 nitrogen and oxygen atoms in total. The molecule has 0 saturated carbocycles. The first-order chi connectivity index (χ1) is 10.6. The van der Waals surface area contributed by atoms with Crippen molar-refractivity contribution in [3.05, 3.63) is 40.3 Å². The van der Waals surface area contributed by atoms with Gasteiger partial charge in [0.15, 0.2) is 5.69 Å². The number of hydrogen-bond donors (Lipinski definition) is 2. The first kappa shape index (κ1) is 15.7. The van der Waals surface area contributed by atoms with Crippen LogP contribution in [0.1, 0.15) is 37.2 Å². The van der Waals surface area contributed by atoms with Crippen LogP contribution < -0.4 is 16.4 Å². The summed E-state index contributed by atoms with van der Waals surface area (Å²) >= 11 is 0. The average Bonchev–Trinajstić information content (AvgIpc) is 2.53. The van der Waals surface area contributed by atoms with Gasteiger partial charge in [-0.05, 0) is 19.4 Å². The lowest BCUT2D eigenvalue weighted by molar-refractivity contribution is -0.121. The Kier molecular flexibility index (Phi) is 4.88. The third-order valence-electron chi connectivity index (χ3n) is 3.17. The Bertz CT molecular complexity index is 767. The Morgan fingerprint density at radius 3 is 2.45 bits per heavy atom. The normalized spacial score (nSPS) is 10.5. The topological polar surface area (TPSA) is 93.1 Å². The molecular formula is C15H18N4O3. The van der Waals surface area contributed by atoms with Crippen LogP contribution >= 0.6 is 0 Å². The highest BCUT2D eigenvalue weighted by molar-refractivity contribution is 6.05. The zero-order valence-electron chi connectivity index (χ0n) is 12.5. The number of aryl methyl sites for hydroxylation is 1. The quantitative estimate of drug-likeness (QED) is 0.823. The van der Waals surface area contributed by atoms with Gasteiger partial charge in [-0.25, -0.2) is 4.68 Å². The van der Waals surface area contributed by atoms with Gasteiger partial charge in [-0.3, -0.25) is 25.2 Å². The lowest BCUT2D eigenvalue weighted by Crippen LogP contribution is -2.42. The van der Waals surface area contributed by atoms with Crippen molar-refractivity contribution in [3.63, 3.8) is 0 Å². The molecule has 0 radical (unpaired) electrons. The van der Waals surface area contributed by atoms with E-state index in [1.807, 2.05) is 6.92 Å². The molecule has 0 aliphatic rings. The number of benzene rings is 1. The SMILES string of the molecule is CCCC(=O)NNC(=O)c1nn(CC)c(=O)c2ccccc12. The molecule has 1 heterocycles. The summed E-state index contributed by atoms with van der Waals surface area (Å²) < 4.78 is 1.23. The number of aromatic nitrogens is 2. The van der Waals surface area contributed by atoms with E-state index >= 15 is 0 Å². The second-order valence-electron chi connectivity index (χ2n) is 4.77. The van der Waals surface area contributed by atoms with E-state index < -0.39 is 5.91 Å². The first-order valence-corrected chi connectivity index (χ1v) is 7.17. The van der Waals surface area contributed by atoms with Crippen LogP contribution in [0.3, 0.4) is 0 Å². The van der Waals surface area contributed by atoms with Gasteiger partial charge in [0, 0.05) is 18.4 Å². The van der Waals surface area contributed by atoms with Crippen molar-refractivity contribution in [2.24, 2.45) is 0 Å². The van der Waals surface area contributed by atoms with Crippen LogP contribution in [0.25, 0.3) is 10.8 Å². The summed E-state index contributed by atoms with van der Waals surface area (Å²) in [5.74, 6) is -0.827. The fraction of sp³-hybridized carbons (Fsp3) is 0.333. The summed E-state index contributed by atoms with van der Waals surface area (Å²) in [4.78, 5) is 35.8. The number of hydrazine groups is 1. The van der Waals surface area contributed by atoms with Crippen LogP contribution in [-0.2, 0) is 11.3 Å². The van der Waals surface area contributed by atoms with Crippen molar-refractivity contribution >= 4 is 22.6 Å². The van der Waals surface area contributed by atoms with Crippen LogP contribution in [0.2, 0.25) is 0 Å². The zero-order valence-corrected chi connectivity index (χ0v) is 12.5. The van der Waals surface area contributed by atoms with Crippen LogP contribution in [0.5, 0.6) is 0 Å². The fourth-order valence-corrected chi connectivity index (χ4v) is 2.09. The average molecular weight is 302 g/mol. The van der Waals surface area contributed by atoms with E-state index in [4.69, 9.17) is 0 Å². The zero-order chi connectivity index (χ0) is 16.1. The molecule has 1 aromatic carbocycles. The number of amides is 2. The number of fused-ring (bicyclic) bond motifs is 1. The molecule has 7 heteroatoms. The minimum atomic E-state index is -0.553. The molecular weight excluding hydrogens is 284 g/mol. The number of carbonyl (C=O) groups excluding carboxylic acids is 2. The lowest BCUT2D eigenvalue weighted by atomic mass is 10.1. The largest absolute Gasteiger partial charge is 0.290 e. The first-order valence-electron chi connectivity index (χ1n) is 7.17. The van der Waals surface area contributed by atoms with Crippen molar-refractivity contribution < 1.29 is 9.59 Å². The van der Waals surface area contributed by atoms with Gasteiger partial charge in [0.05, 0.1) is 5.39 Å². The molecule has 2 amide bonds. The second kappa shape index (κ2) is 6.84. The third-order valence-corrected chi connectivity index (χ3v) is 3.17. The van der Waals surface area contributed by atoms with Crippen LogP contribution in [-0.4, -0.2) is 21.6 Å². The molecule has 0 aliphatic heterocycles. The Morgan fingerprint density at radius 2 is 1.82 bits per heavy atom. The Morgan fingerprint density at radius 1 is 1.14 bits per heavy atom. The third kappa shape index (κ3) is 3.13. The van der Waals surface area contributed by atoms with Crippen molar-refractivity contribution in [2.45, 2.75) is 33.2 Å². The van der Waals surface area contributed by atoms with Crippen molar-refractivity contribution in [1.82, 2.24) is 20.6 Å². The highest BCUT2D eigenvalue weighted by Gasteiger charge is 2.16. The molecule has 0 spiro atoms. The highest BCUT2D eigenvalue weighted by atomic mass is 16.2. The van der Waals surface area contributed by atoms with Gasteiger partial charge in [0.1, 0.15) is 0 Å². The maximum Gasteiger partial charge on any atom is 0.290 e. The molecule has 1 aromatic heterocycles. The number of carbonyl (C=O) groups is 2. The molecule has 0 saturated heterocycles. The molecule has 2 aromatic rings. The Labute approximate surface area is 127 Å². The molecule has 22 heavy (non-hydrogen) atoms. The van der Waals surface area contributed by atoms with E-state index in [1.54, 1.807) is 31.2 Å². The van der Waals surface area contributed by atoms with E-state index in [0.29, 0.717) is 30.2 Å². The minimum absolute atomic E-state index is 0.105. The van der Waals surface area contributed by atoms with Gasteiger partial charge in [0.2, 0.25) is 5.91 Å². The molecule has 2 N–H and O–H groups in total. The van der Waals surface area contributed by atoms with Gasteiger partial charge in [-0.2, -0.15) is 5.10 Å². The maximum atomic E-state index is 12.2. The van der Waals surface area contributed by atoms with E-state index in [9.17, 15) is 14.4 Å². The maximum absolute atomic E-state index is 12.2. The molecule has 2 rings (SSSR count). The van der Waals surface area contributed by atoms with Gasteiger partial charge >= 0.3 is 0 Å². The van der Waals surface area contributed by atoms with E-state index in [0.717, 1.165) is 0 Å². The molecule has 116 valence electrons. The van der Waals surface area contributed by atoms with Crippen molar-refractivity contribution in [2.75, 3.05) is 0 Å². The number of nitrogens with one attached hydrogen (secondary N) is 2. The van der Waals surface area contributed by atoms with Crippen LogP contribution in [0.15, 0.2) is 29.1 Å². The minimum Gasteiger partial charge on any atom is -0.273 e. The van der Waals surface area contributed by atoms with Gasteiger partial charge in [0.25, 0.3) is 11.5 Å². The molecule has 0 bridgehead atoms. The Hall–Kier alpha value is -2.70. The van der Waals surface area contributed by atoms with E-state index in [2.05, 4.69) is 16.0 Å². The Balaban J connectivity index is 2.38. The standard InChI is InChI=1S/C15H18N4O3/c1-3-7-12(20)16-17-14(21)13-10-8-5-6-9-11(10)15(22)19(4-2)18-13/h5-6,8-9H,3-4,7H2,1-2H3,(H,16,20)(H,17,21). The molecule has 0 atom stereocenters. The van der Waals surface area contributed by atoms with E-state index in [-0.39, 0.29) is 17.2 Å². The predicted molar refractivity (Wildman–Crippen MR) is 82.2 cm³/mol. The summed E-state index contributed by atoms with van der Waals surface area (Å²) in [6, 6.07) is 6.77. The van der Waals surface area contributed by atoms with Crippen molar-refractivity contribution in [3.8, 4) is 0 Å². The van der Waals surface area contributed by atoms with Crippen LogP contribution in [0.4, 0.5) is 0 Å². The lowest BCUT2D eigenvalue weighted by Gasteiger charge is -2.10. The summed E-state index contributed by atoms with van der Waals surface area (Å²) in [7, 11) is 0. The van der Waals surface area contributed by atoms with E-state index in [1.165, 1.54) is 4.68 Å². The summed E-state index contributed by atoms with van der Waals surface area (Å²) in [6.07, 6.45) is 1.01. The fourth-order valence-electron chi connectivity index (χ4n) is 2.09. The van der Waals surface area contributed by atoms with Gasteiger partial charge in [-0.1, -0.05) is 25.1 Å². The molecule has 0 unspecified atom stereocenters.